The average molecular weight is 418 g/mol. The summed E-state index contributed by atoms with van der Waals surface area (Å²) in [5, 5.41) is 7.27. The average Bonchev–Trinajstić information content (AvgIpc) is 2.80. The lowest BCUT2D eigenvalue weighted by molar-refractivity contribution is -0.918. The zero-order valence-corrected chi connectivity index (χ0v) is 17.9. The Morgan fingerprint density at radius 1 is 1.00 bits per heavy atom. The highest BCUT2D eigenvalue weighted by molar-refractivity contribution is 5.92. The van der Waals surface area contributed by atoms with E-state index in [1.54, 1.807) is 9.58 Å². The van der Waals surface area contributed by atoms with E-state index in [1.165, 1.54) is 44.0 Å². The molecule has 4 rings (SSSR count). The van der Waals surface area contributed by atoms with Gasteiger partial charge in [0.2, 0.25) is 5.43 Å². The lowest BCUT2D eigenvalue weighted by atomic mass is 10.0. The summed E-state index contributed by atoms with van der Waals surface area (Å²) in [6.07, 6.45) is 3.88. The van der Waals surface area contributed by atoms with Crippen LogP contribution in [-0.4, -0.2) is 28.8 Å². The topological polar surface area (TPSA) is 68.4 Å². The van der Waals surface area contributed by atoms with Crippen molar-refractivity contribution in [2.45, 2.75) is 39.3 Å². The molecule has 0 radical (unpaired) electrons. The largest absolute Gasteiger partial charge is 0.346 e. The Bertz CT molecular complexity index is 1100. The van der Waals surface area contributed by atoms with Crippen molar-refractivity contribution in [3.63, 3.8) is 0 Å². The number of carbonyl (C=O) groups excluding carboxylic acids is 1. The maximum absolute atomic E-state index is 12.8. The predicted molar refractivity (Wildman–Crippen MR) is 120 cm³/mol. The minimum Gasteiger partial charge on any atom is -0.346 e. The van der Waals surface area contributed by atoms with Gasteiger partial charge in [0.25, 0.3) is 5.91 Å². The van der Waals surface area contributed by atoms with Crippen LogP contribution in [0.5, 0.6) is 0 Å². The van der Waals surface area contributed by atoms with Crippen LogP contribution in [0.4, 0.5) is 0 Å². The van der Waals surface area contributed by atoms with E-state index in [1.807, 2.05) is 55.5 Å². The zero-order chi connectivity index (χ0) is 21.6. The quantitative estimate of drug-likeness (QED) is 0.645. The fourth-order valence-corrected chi connectivity index (χ4v) is 4.19. The first kappa shape index (κ1) is 21.0. The maximum Gasteiger partial charge on any atom is 0.276 e. The van der Waals surface area contributed by atoms with Gasteiger partial charge in [-0.25, -0.2) is 4.68 Å². The van der Waals surface area contributed by atoms with E-state index in [9.17, 15) is 9.59 Å². The van der Waals surface area contributed by atoms with E-state index in [0.29, 0.717) is 12.2 Å². The van der Waals surface area contributed by atoms with Gasteiger partial charge in [-0.1, -0.05) is 42.5 Å². The molecule has 1 aromatic heterocycles. The number of piperidine rings is 1. The van der Waals surface area contributed by atoms with E-state index in [2.05, 4.69) is 16.5 Å². The van der Waals surface area contributed by atoms with E-state index >= 15 is 0 Å². The second-order valence-corrected chi connectivity index (χ2v) is 8.18. The number of para-hydroxylation sites is 1. The second-order valence-electron chi connectivity index (χ2n) is 8.18. The van der Waals surface area contributed by atoms with Crippen molar-refractivity contribution in [1.82, 2.24) is 15.1 Å². The normalized spacial score (nSPS) is 14.4. The van der Waals surface area contributed by atoms with Gasteiger partial charge in [-0.15, -0.1) is 0 Å². The van der Waals surface area contributed by atoms with Gasteiger partial charge in [0, 0.05) is 23.9 Å². The Labute approximate surface area is 182 Å². The minimum atomic E-state index is -0.449. The Hall–Kier alpha value is -3.25. The van der Waals surface area contributed by atoms with Crippen molar-refractivity contribution in [2.24, 2.45) is 0 Å². The lowest BCUT2D eigenvalue weighted by Gasteiger charge is -2.24. The van der Waals surface area contributed by atoms with Gasteiger partial charge in [0.1, 0.15) is 6.54 Å². The molecule has 1 fully saturated rings. The number of likely N-dealkylation sites (tertiary alicyclic amines) is 1. The maximum atomic E-state index is 12.8. The van der Waals surface area contributed by atoms with Crippen LogP contribution in [0.15, 0.2) is 65.5 Å². The van der Waals surface area contributed by atoms with E-state index in [4.69, 9.17) is 0 Å². The monoisotopic (exact) mass is 417 g/mol. The number of nitrogens with zero attached hydrogens (tertiary/aromatic N) is 2. The molecule has 160 valence electrons. The second kappa shape index (κ2) is 9.71. The molecule has 0 aliphatic carbocycles. The summed E-state index contributed by atoms with van der Waals surface area (Å²) in [5.74, 6) is -0.449. The Balaban J connectivity index is 1.50. The highest BCUT2D eigenvalue weighted by Gasteiger charge is 2.18. The van der Waals surface area contributed by atoms with Crippen LogP contribution in [0.1, 0.15) is 46.6 Å². The van der Waals surface area contributed by atoms with Crippen LogP contribution in [0.25, 0.3) is 5.69 Å². The van der Waals surface area contributed by atoms with Crippen molar-refractivity contribution in [3.05, 3.63) is 93.4 Å². The first-order valence-electron chi connectivity index (χ1n) is 11.0. The molecule has 2 N–H and O–H groups in total. The molecule has 1 saturated heterocycles. The number of rotatable bonds is 6. The number of quaternary nitrogens is 1. The molecule has 2 aromatic carbocycles. The predicted octanol–water partition coefficient (Wildman–Crippen LogP) is 2.04. The molecular weight excluding hydrogens is 388 g/mol. The number of amides is 1. The third-order valence-electron chi connectivity index (χ3n) is 5.88. The summed E-state index contributed by atoms with van der Waals surface area (Å²) < 4.78 is 1.63. The minimum absolute atomic E-state index is 0.0893. The molecule has 1 aliphatic rings. The Morgan fingerprint density at radius 3 is 2.42 bits per heavy atom. The van der Waals surface area contributed by atoms with E-state index in [0.717, 1.165) is 17.8 Å². The summed E-state index contributed by atoms with van der Waals surface area (Å²) in [4.78, 5) is 26.9. The summed E-state index contributed by atoms with van der Waals surface area (Å²) >= 11 is 0. The van der Waals surface area contributed by atoms with Crippen molar-refractivity contribution in [3.8, 4) is 5.69 Å². The van der Waals surface area contributed by atoms with E-state index in [-0.39, 0.29) is 11.1 Å². The standard InChI is InChI=1S/C25H28N4O2/c1-19-16-23(30)24(27-29(19)22-12-4-2-5-13-22)25(31)26-17-20-10-6-7-11-21(20)18-28-14-8-3-9-15-28/h2,4-7,10-13,16H,3,8-9,14-15,17-18H2,1H3,(H,26,31)/p+1. The van der Waals surface area contributed by atoms with Gasteiger partial charge >= 0.3 is 0 Å². The molecule has 0 unspecified atom stereocenters. The van der Waals surface area contributed by atoms with Gasteiger partial charge < -0.3 is 10.2 Å². The smallest absolute Gasteiger partial charge is 0.276 e. The van der Waals surface area contributed by atoms with Crippen molar-refractivity contribution < 1.29 is 9.69 Å². The highest BCUT2D eigenvalue weighted by Crippen LogP contribution is 2.10. The van der Waals surface area contributed by atoms with Gasteiger partial charge in [-0.2, -0.15) is 5.10 Å². The van der Waals surface area contributed by atoms with Gasteiger partial charge in [-0.05, 0) is 43.9 Å². The molecule has 2 heterocycles. The molecule has 6 heteroatoms. The van der Waals surface area contributed by atoms with Crippen molar-refractivity contribution >= 4 is 5.91 Å². The Kier molecular flexibility index (Phi) is 6.57. The molecule has 6 nitrogen and oxygen atoms in total. The fraction of sp³-hybridized carbons (Fsp3) is 0.320. The third-order valence-corrected chi connectivity index (χ3v) is 5.88. The number of carbonyl (C=O) groups is 1. The Morgan fingerprint density at radius 2 is 1.68 bits per heavy atom. The van der Waals surface area contributed by atoms with Crippen molar-refractivity contribution in [1.29, 1.82) is 0 Å². The summed E-state index contributed by atoms with van der Waals surface area (Å²) in [6, 6.07) is 19.2. The van der Waals surface area contributed by atoms with Crippen LogP contribution in [0, 0.1) is 6.92 Å². The molecule has 1 aliphatic heterocycles. The zero-order valence-electron chi connectivity index (χ0n) is 17.9. The number of hydrogen-bond donors (Lipinski definition) is 2. The number of nitrogens with one attached hydrogen (secondary N) is 2. The fourth-order valence-electron chi connectivity index (χ4n) is 4.19. The molecule has 0 bridgehead atoms. The molecule has 1 amide bonds. The summed E-state index contributed by atoms with van der Waals surface area (Å²) in [7, 11) is 0. The molecule has 0 saturated carbocycles. The molecule has 31 heavy (non-hydrogen) atoms. The van der Waals surface area contributed by atoms with Crippen LogP contribution in [0.2, 0.25) is 0 Å². The molecule has 0 spiro atoms. The van der Waals surface area contributed by atoms with Crippen LogP contribution in [-0.2, 0) is 13.1 Å². The van der Waals surface area contributed by atoms with Crippen LogP contribution >= 0.6 is 0 Å². The number of hydrogen-bond acceptors (Lipinski definition) is 3. The number of aryl methyl sites for hydroxylation is 1. The highest BCUT2D eigenvalue weighted by atomic mass is 16.2. The first-order valence-corrected chi connectivity index (χ1v) is 11.0. The van der Waals surface area contributed by atoms with Crippen LogP contribution < -0.4 is 15.6 Å². The molecule has 3 aromatic rings. The SMILES string of the molecule is Cc1cc(=O)c(C(=O)NCc2ccccc2C[NH+]2CCCCC2)nn1-c1ccccc1. The van der Waals surface area contributed by atoms with Gasteiger partial charge in [0.05, 0.1) is 18.8 Å². The third kappa shape index (κ3) is 5.09. The van der Waals surface area contributed by atoms with Crippen LogP contribution in [0.3, 0.4) is 0 Å². The molecular formula is C25H29N4O2+. The van der Waals surface area contributed by atoms with Crippen molar-refractivity contribution in [2.75, 3.05) is 13.1 Å². The van der Waals surface area contributed by atoms with Gasteiger partial charge in [-0.3, -0.25) is 9.59 Å². The lowest BCUT2D eigenvalue weighted by Crippen LogP contribution is -3.11. The van der Waals surface area contributed by atoms with E-state index < -0.39 is 5.91 Å². The number of aromatic nitrogens is 2. The summed E-state index contributed by atoms with van der Waals surface area (Å²) in [6.45, 7) is 5.56. The number of benzene rings is 2. The first-order chi connectivity index (χ1) is 15.1. The van der Waals surface area contributed by atoms with Gasteiger partial charge in [0.15, 0.2) is 5.69 Å². The molecule has 0 atom stereocenters. The summed E-state index contributed by atoms with van der Waals surface area (Å²) in [5.41, 5.74) is 3.37.